The summed E-state index contributed by atoms with van der Waals surface area (Å²) in [4.78, 5) is 0. The van der Waals surface area contributed by atoms with Gasteiger partial charge < -0.3 is 10.2 Å². The van der Waals surface area contributed by atoms with Crippen LogP contribution in [0, 0.1) is 27.7 Å². The molecule has 0 aromatic heterocycles. The molecule has 0 saturated carbocycles. The van der Waals surface area contributed by atoms with Crippen LogP contribution in [-0.4, -0.2) is 5.11 Å². The van der Waals surface area contributed by atoms with E-state index in [0.29, 0.717) is 0 Å². The monoisotopic (exact) mass is 432 g/mol. The third kappa shape index (κ3) is 4.80. The van der Waals surface area contributed by atoms with Crippen LogP contribution in [0.1, 0.15) is 67.2 Å². The van der Waals surface area contributed by atoms with Crippen LogP contribution in [0.2, 0.25) is 0 Å². The Balaban J connectivity index is 0.000000306. The van der Waals surface area contributed by atoms with Gasteiger partial charge in [0.1, 0.15) is 0 Å². The summed E-state index contributed by atoms with van der Waals surface area (Å²) in [5.41, 5.74) is 12.7. The number of hydrogen-bond acceptors (Lipinski definition) is 2. The fourth-order valence-corrected chi connectivity index (χ4v) is 3.88. The minimum absolute atomic E-state index is 0. The van der Waals surface area contributed by atoms with E-state index in [0.717, 1.165) is 34.1 Å². The van der Waals surface area contributed by atoms with E-state index in [-0.39, 0.29) is 17.1 Å². The van der Waals surface area contributed by atoms with Crippen molar-refractivity contribution in [3.05, 3.63) is 97.8 Å². The molecule has 3 rings (SSSR count). The molecule has 3 heteroatoms. The fourth-order valence-electron chi connectivity index (χ4n) is 3.88. The predicted octanol–water partition coefficient (Wildman–Crippen LogP) is 5.64. The predicted molar refractivity (Wildman–Crippen MR) is 116 cm³/mol. The van der Waals surface area contributed by atoms with Crippen molar-refractivity contribution in [2.24, 2.45) is 0 Å². The van der Waals surface area contributed by atoms with Gasteiger partial charge in [0.15, 0.2) is 0 Å². The summed E-state index contributed by atoms with van der Waals surface area (Å²) in [6.45, 7) is 16.6. The largest absolute Gasteiger partial charge is 2.00 e. The Morgan fingerprint density at radius 2 is 1.31 bits per heavy atom. The van der Waals surface area contributed by atoms with Gasteiger partial charge in [0, 0.05) is 0 Å². The van der Waals surface area contributed by atoms with Crippen molar-refractivity contribution in [3.8, 4) is 0 Å². The number of aliphatic hydroxyl groups is 1. The van der Waals surface area contributed by atoms with Crippen LogP contribution in [0.4, 0.5) is 0 Å². The number of aliphatic hydroxyl groups excluding tert-OH is 1. The minimum atomic E-state index is -0.511. The van der Waals surface area contributed by atoms with Crippen LogP contribution in [0.5, 0.6) is 0 Å². The Kier molecular flexibility index (Phi) is 8.83. The van der Waals surface area contributed by atoms with Crippen molar-refractivity contribution in [3.63, 3.8) is 0 Å². The van der Waals surface area contributed by atoms with Gasteiger partial charge in [0.05, 0.1) is 6.10 Å². The average molecular weight is 432 g/mol. The van der Waals surface area contributed by atoms with E-state index in [9.17, 15) is 10.2 Å². The molecule has 2 nitrogen and oxygen atoms in total. The molecule has 29 heavy (non-hydrogen) atoms. The smallest absolute Gasteiger partial charge is 0.877 e. The second-order valence-electron chi connectivity index (χ2n) is 7.76. The molecular formula is C26H32FeO2. The van der Waals surface area contributed by atoms with E-state index in [1.807, 2.05) is 44.2 Å². The minimum Gasteiger partial charge on any atom is -0.877 e. The van der Waals surface area contributed by atoms with Gasteiger partial charge in [-0.2, -0.15) is 27.8 Å². The van der Waals surface area contributed by atoms with Gasteiger partial charge in [0.2, 0.25) is 0 Å². The number of allylic oxidation sites excluding steroid dienone is 5. The fraction of sp³-hybridized carbons (Fsp3) is 0.346. The number of rotatable bonds is 2. The zero-order valence-corrected chi connectivity index (χ0v) is 19.9. The standard InChI is InChI=1S/C16H19O.C10H14O.Fe/c1-10-11(2)13(4)15(12(10)3)16(17)14-8-6-5-7-9-14;1-6-7(2)9(4)10(5-11)8(6)3;/h5-9,16-17H,1-4H3;5,11H,1-4H3;/q-1;;+2/p-1. The molecule has 1 N–H and O–H groups in total. The third-order valence-electron chi connectivity index (χ3n) is 6.50. The van der Waals surface area contributed by atoms with Crippen LogP contribution < -0.4 is 5.11 Å². The zero-order chi connectivity index (χ0) is 21.2. The quantitative estimate of drug-likeness (QED) is 0.380. The summed E-state index contributed by atoms with van der Waals surface area (Å²) < 4.78 is 0. The third-order valence-corrected chi connectivity index (χ3v) is 6.50. The average Bonchev–Trinajstić information content (AvgIpc) is 3.01. The molecule has 0 spiro atoms. The van der Waals surface area contributed by atoms with Gasteiger partial charge in [-0.15, -0.1) is 6.26 Å². The SMILES string of the molecule is CC1=C(C)C(C)=C(C)C1=C[O-].Cc1c(C(O)c2ccccc2)c(C)[c-](C)c1C.[Fe+2]. The molecule has 0 aliphatic heterocycles. The van der Waals surface area contributed by atoms with E-state index in [1.165, 1.54) is 33.4 Å². The maximum Gasteiger partial charge on any atom is 2.00 e. The zero-order valence-electron chi connectivity index (χ0n) is 18.8. The van der Waals surface area contributed by atoms with Gasteiger partial charge in [-0.3, -0.25) is 0 Å². The molecule has 0 amide bonds. The Bertz CT molecular complexity index is 905. The maximum atomic E-state index is 10.6. The molecule has 0 heterocycles. The van der Waals surface area contributed by atoms with Gasteiger partial charge >= 0.3 is 17.1 Å². The molecule has 2 aromatic rings. The van der Waals surface area contributed by atoms with Gasteiger partial charge in [-0.1, -0.05) is 58.0 Å². The molecule has 1 aliphatic carbocycles. The molecule has 156 valence electrons. The molecule has 1 aliphatic rings. The van der Waals surface area contributed by atoms with Crippen molar-refractivity contribution in [1.82, 2.24) is 0 Å². The van der Waals surface area contributed by atoms with Crippen molar-refractivity contribution in [2.75, 3.05) is 0 Å². The molecule has 2 aromatic carbocycles. The first-order chi connectivity index (χ1) is 13.1. The summed E-state index contributed by atoms with van der Waals surface area (Å²) in [5.74, 6) is 0. The Hall–Kier alpha value is -1.93. The van der Waals surface area contributed by atoms with Gasteiger partial charge in [0.25, 0.3) is 0 Å². The van der Waals surface area contributed by atoms with E-state index < -0.39 is 6.10 Å². The van der Waals surface area contributed by atoms with Crippen LogP contribution in [-0.2, 0) is 17.1 Å². The molecule has 0 fully saturated rings. The van der Waals surface area contributed by atoms with Gasteiger partial charge in [-0.25, -0.2) is 0 Å². The summed E-state index contributed by atoms with van der Waals surface area (Å²) in [6.07, 6.45) is 0.439. The van der Waals surface area contributed by atoms with Crippen molar-refractivity contribution < 1.29 is 27.3 Å². The first-order valence-electron chi connectivity index (χ1n) is 9.77. The Morgan fingerprint density at radius 3 is 1.66 bits per heavy atom. The van der Waals surface area contributed by atoms with E-state index in [2.05, 4.69) is 41.5 Å². The number of benzene rings is 1. The Labute approximate surface area is 186 Å². The molecule has 1 atom stereocenters. The number of hydrogen-bond donors (Lipinski definition) is 1. The molecule has 0 saturated heterocycles. The summed E-state index contributed by atoms with van der Waals surface area (Å²) in [6, 6.07) is 9.84. The van der Waals surface area contributed by atoms with Crippen LogP contribution in [0.3, 0.4) is 0 Å². The van der Waals surface area contributed by atoms with E-state index >= 15 is 0 Å². The maximum absolute atomic E-state index is 10.6. The summed E-state index contributed by atoms with van der Waals surface area (Å²) >= 11 is 0. The normalized spacial score (nSPS) is 14.4. The second kappa shape index (κ2) is 10.2. The van der Waals surface area contributed by atoms with Crippen molar-refractivity contribution >= 4 is 0 Å². The van der Waals surface area contributed by atoms with Crippen LogP contribution in [0.15, 0.2) is 64.5 Å². The topological polar surface area (TPSA) is 43.3 Å². The summed E-state index contributed by atoms with van der Waals surface area (Å²) in [5, 5.41) is 21.1. The van der Waals surface area contributed by atoms with Crippen LogP contribution in [0.25, 0.3) is 0 Å². The van der Waals surface area contributed by atoms with Gasteiger partial charge in [-0.05, 0) is 61.1 Å². The molecule has 0 bridgehead atoms. The first-order valence-corrected chi connectivity index (χ1v) is 9.77. The first kappa shape index (κ1) is 25.1. The van der Waals surface area contributed by atoms with Crippen LogP contribution >= 0.6 is 0 Å². The summed E-state index contributed by atoms with van der Waals surface area (Å²) in [7, 11) is 0. The van der Waals surface area contributed by atoms with E-state index in [4.69, 9.17) is 0 Å². The molecular weight excluding hydrogens is 400 g/mol. The Morgan fingerprint density at radius 1 is 0.828 bits per heavy atom. The second-order valence-corrected chi connectivity index (χ2v) is 7.76. The van der Waals surface area contributed by atoms with E-state index in [1.54, 1.807) is 0 Å². The molecule has 1 unspecified atom stereocenters. The van der Waals surface area contributed by atoms with Crippen molar-refractivity contribution in [1.29, 1.82) is 0 Å². The molecule has 0 radical (unpaired) electrons. The van der Waals surface area contributed by atoms with Crippen molar-refractivity contribution in [2.45, 2.75) is 61.5 Å².